The highest BCUT2D eigenvalue weighted by molar-refractivity contribution is 6.31. The van der Waals surface area contributed by atoms with Crippen molar-refractivity contribution in [1.29, 1.82) is 0 Å². The Labute approximate surface area is 138 Å². The molecule has 0 saturated carbocycles. The molecule has 0 aliphatic heterocycles. The first-order valence-corrected chi connectivity index (χ1v) is 8.17. The highest BCUT2D eigenvalue weighted by Gasteiger charge is 2.09. The van der Waals surface area contributed by atoms with Crippen LogP contribution in [0.25, 0.3) is 0 Å². The fraction of sp³-hybridized carbons (Fsp3) is 0.368. The molecule has 3 heteroatoms. The fourth-order valence-corrected chi connectivity index (χ4v) is 2.61. The van der Waals surface area contributed by atoms with Crippen LogP contribution in [0.3, 0.4) is 0 Å². The van der Waals surface area contributed by atoms with E-state index < -0.39 is 0 Å². The van der Waals surface area contributed by atoms with Crippen LogP contribution in [0, 0.1) is 6.92 Å². The summed E-state index contributed by atoms with van der Waals surface area (Å²) >= 11 is 6.09. The van der Waals surface area contributed by atoms with Gasteiger partial charge in [-0.2, -0.15) is 0 Å². The second-order valence-corrected chi connectivity index (χ2v) is 5.95. The normalized spacial score (nSPS) is 12.3. The summed E-state index contributed by atoms with van der Waals surface area (Å²) in [7, 11) is 0. The number of hydrogen-bond acceptors (Lipinski definition) is 2. The van der Waals surface area contributed by atoms with Crippen molar-refractivity contribution < 1.29 is 4.74 Å². The van der Waals surface area contributed by atoms with E-state index in [9.17, 15) is 0 Å². The minimum atomic E-state index is 0.314. The van der Waals surface area contributed by atoms with Gasteiger partial charge in [0.05, 0.1) is 13.2 Å². The van der Waals surface area contributed by atoms with E-state index in [-0.39, 0.29) is 0 Å². The van der Waals surface area contributed by atoms with Crippen molar-refractivity contribution in [1.82, 2.24) is 5.32 Å². The Morgan fingerprint density at radius 2 is 1.86 bits per heavy atom. The maximum atomic E-state index is 6.09. The molecule has 22 heavy (non-hydrogen) atoms. The zero-order valence-electron chi connectivity index (χ0n) is 13.3. The lowest BCUT2D eigenvalue weighted by molar-refractivity contribution is 0.0989. The summed E-state index contributed by atoms with van der Waals surface area (Å²) in [5.41, 5.74) is 3.62. The van der Waals surface area contributed by atoms with E-state index in [4.69, 9.17) is 16.3 Å². The molecule has 118 valence electrons. The quantitative estimate of drug-likeness (QED) is 0.780. The van der Waals surface area contributed by atoms with E-state index in [1.807, 2.05) is 31.2 Å². The second-order valence-electron chi connectivity index (χ2n) is 5.54. The number of benzene rings is 2. The second kappa shape index (κ2) is 8.94. The summed E-state index contributed by atoms with van der Waals surface area (Å²) in [6, 6.07) is 16.8. The summed E-state index contributed by atoms with van der Waals surface area (Å²) in [5.74, 6) is 0. The first-order valence-electron chi connectivity index (χ1n) is 7.79. The third kappa shape index (κ3) is 5.45. The van der Waals surface area contributed by atoms with Crippen molar-refractivity contribution in [3.8, 4) is 0 Å². The zero-order valence-corrected chi connectivity index (χ0v) is 14.1. The minimum Gasteiger partial charge on any atom is -0.375 e. The average Bonchev–Trinajstić information content (AvgIpc) is 2.52. The highest BCUT2D eigenvalue weighted by Crippen LogP contribution is 2.17. The van der Waals surface area contributed by atoms with Crippen molar-refractivity contribution >= 4 is 11.6 Å². The SMILES string of the molecule is CCNC(COCc1ccccc1)Cc1ccc(Cl)c(C)c1. The largest absolute Gasteiger partial charge is 0.375 e. The molecule has 0 aromatic heterocycles. The summed E-state index contributed by atoms with van der Waals surface area (Å²) < 4.78 is 5.87. The van der Waals surface area contributed by atoms with Gasteiger partial charge < -0.3 is 10.1 Å². The van der Waals surface area contributed by atoms with Crippen LogP contribution in [0.1, 0.15) is 23.6 Å². The number of likely N-dealkylation sites (N-methyl/N-ethyl adjacent to an activating group) is 1. The molecule has 0 saturated heterocycles. The molecular weight excluding hydrogens is 294 g/mol. The third-order valence-corrected chi connectivity index (χ3v) is 4.05. The van der Waals surface area contributed by atoms with Gasteiger partial charge in [0.1, 0.15) is 0 Å². The van der Waals surface area contributed by atoms with Crippen LogP contribution in [0.5, 0.6) is 0 Å². The summed E-state index contributed by atoms with van der Waals surface area (Å²) in [6.07, 6.45) is 0.945. The Bertz CT molecular complexity index is 571. The van der Waals surface area contributed by atoms with Gasteiger partial charge in [-0.1, -0.05) is 61.0 Å². The zero-order chi connectivity index (χ0) is 15.8. The van der Waals surface area contributed by atoms with E-state index in [0.29, 0.717) is 19.3 Å². The van der Waals surface area contributed by atoms with Gasteiger partial charge in [-0.05, 0) is 42.6 Å². The lowest BCUT2D eigenvalue weighted by Crippen LogP contribution is -2.35. The van der Waals surface area contributed by atoms with Gasteiger partial charge in [0.25, 0.3) is 0 Å². The van der Waals surface area contributed by atoms with Crippen LogP contribution in [0.4, 0.5) is 0 Å². The first-order chi connectivity index (χ1) is 10.7. The molecular formula is C19H24ClNO. The molecule has 0 aliphatic carbocycles. The van der Waals surface area contributed by atoms with Crippen LogP contribution in [-0.4, -0.2) is 19.2 Å². The average molecular weight is 318 g/mol. The lowest BCUT2D eigenvalue weighted by Gasteiger charge is -2.18. The van der Waals surface area contributed by atoms with E-state index in [2.05, 4.69) is 36.5 Å². The maximum absolute atomic E-state index is 6.09. The molecule has 2 nitrogen and oxygen atoms in total. The van der Waals surface area contributed by atoms with Crippen LogP contribution in [-0.2, 0) is 17.8 Å². The molecule has 1 unspecified atom stereocenters. The Morgan fingerprint density at radius 3 is 2.55 bits per heavy atom. The summed E-state index contributed by atoms with van der Waals surface area (Å²) in [4.78, 5) is 0. The molecule has 2 rings (SSSR count). The topological polar surface area (TPSA) is 21.3 Å². The molecule has 0 amide bonds. The van der Waals surface area contributed by atoms with E-state index in [1.54, 1.807) is 0 Å². The number of ether oxygens (including phenoxy) is 1. The minimum absolute atomic E-state index is 0.314. The number of hydrogen-bond donors (Lipinski definition) is 1. The van der Waals surface area contributed by atoms with Gasteiger partial charge in [-0.3, -0.25) is 0 Å². The molecule has 0 bridgehead atoms. The molecule has 1 N–H and O–H groups in total. The predicted octanol–water partition coefficient (Wildman–Crippen LogP) is 4.39. The van der Waals surface area contributed by atoms with Crippen LogP contribution in [0.2, 0.25) is 5.02 Å². The van der Waals surface area contributed by atoms with Gasteiger partial charge in [0.2, 0.25) is 0 Å². The molecule has 0 spiro atoms. The van der Waals surface area contributed by atoms with Gasteiger partial charge in [0.15, 0.2) is 0 Å². The van der Waals surface area contributed by atoms with E-state index >= 15 is 0 Å². The monoisotopic (exact) mass is 317 g/mol. The van der Waals surface area contributed by atoms with Crippen LogP contribution in [0.15, 0.2) is 48.5 Å². The smallest absolute Gasteiger partial charge is 0.0717 e. The van der Waals surface area contributed by atoms with Crippen molar-refractivity contribution in [2.45, 2.75) is 32.9 Å². The maximum Gasteiger partial charge on any atom is 0.0717 e. The van der Waals surface area contributed by atoms with Crippen LogP contribution >= 0.6 is 11.6 Å². The molecule has 2 aromatic carbocycles. The van der Waals surface area contributed by atoms with Crippen molar-refractivity contribution in [2.24, 2.45) is 0 Å². The predicted molar refractivity (Wildman–Crippen MR) is 93.5 cm³/mol. The van der Waals surface area contributed by atoms with Crippen molar-refractivity contribution in [3.63, 3.8) is 0 Å². The van der Waals surface area contributed by atoms with Crippen molar-refractivity contribution in [3.05, 3.63) is 70.2 Å². The number of nitrogens with one attached hydrogen (secondary N) is 1. The number of aryl methyl sites for hydroxylation is 1. The Morgan fingerprint density at radius 1 is 1.09 bits per heavy atom. The fourth-order valence-electron chi connectivity index (χ4n) is 2.49. The van der Waals surface area contributed by atoms with E-state index in [0.717, 1.165) is 23.6 Å². The van der Waals surface area contributed by atoms with Gasteiger partial charge in [-0.15, -0.1) is 0 Å². The Balaban J connectivity index is 1.87. The van der Waals surface area contributed by atoms with E-state index in [1.165, 1.54) is 11.1 Å². The van der Waals surface area contributed by atoms with Gasteiger partial charge in [-0.25, -0.2) is 0 Å². The Kier molecular flexibility index (Phi) is 6.91. The Hall–Kier alpha value is -1.35. The van der Waals surface area contributed by atoms with Crippen LogP contribution < -0.4 is 5.32 Å². The summed E-state index contributed by atoms with van der Waals surface area (Å²) in [5, 5.41) is 4.32. The molecule has 0 aliphatic rings. The standard InChI is InChI=1S/C19H24ClNO/c1-3-21-18(12-17-9-10-19(20)15(2)11-17)14-22-13-16-7-5-4-6-8-16/h4-11,18,21H,3,12-14H2,1-2H3. The summed E-state index contributed by atoms with van der Waals surface area (Å²) in [6.45, 7) is 6.45. The molecule has 0 radical (unpaired) electrons. The van der Waals surface area contributed by atoms with Gasteiger partial charge in [0, 0.05) is 11.1 Å². The first kappa shape index (κ1) is 17.0. The molecule has 0 heterocycles. The van der Waals surface area contributed by atoms with Gasteiger partial charge >= 0.3 is 0 Å². The number of rotatable bonds is 8. The molecule has 0 fully saturated rings. The number of halogens is 1. The third-order valence-electron chi connectivity index (χ3n) is 3.63. The lowest BCUT2D eigenvalue weighted by atomic mass is 10.0. The van der Waals surface area contributed by atoms with Crippen molar-refractivity contribution in [2.75, 3.05) is 13.2 Å². The molecule has 1 atom stereocenters. The molecule has 2 aromatic rings. The highest BCUT2D eigenvalue weighted by atomic mass is 35.5.